The number of nitrogens with two attached hydrogens (primary N) is 1. The molecular formula is C8H9N3. The van der Waals surface area contributed by atoms with E-state index in [-0.39, 0.29) is 0 Å². The molecule has 2 heterocycles. The predicted molar refractivity (Wildman–Crippen MR) is 44.3 cm³/mol. The van der Waals surface area contributed by atoms with E-state index in [0.29, 0.717) is 0 Å². The first-order chi connectivity index (χ1) is 5.27. The number of fused-ring (bicyclic) bond motifs is 1. The molecule has 0 aliphatic rings. The van der Waals surface area contributed by atoms with Crippen LogP contribution in [0.2, 0.25) is 0 Å². The van der Waals surface area contributed by atoms with E-state index in [0.717, 1.165) is 16.9 Å². The third kappa shape index (κ3) is 0.852. The summed E-state index contributed by atoms with van der Waals surface area (Å²) in [5.74, 6) is 0. The Morgan fingerprint density at radius 1 is 1.55 bits per heavy atom. The zero-order chi connectivity index (χ0) is 7.84. The van der Waals surface area contributed by atoms with Gasteiger partial charge in [0.15, 0.2) is 5.65 Å². The van der Waals surface area contributed by atoms with E-state index in [1.165, 1.54) is 0 Å². The highest BCUT2D eigenvalue weighted by atomic mass is 15.0. The van der Waals surface area contributed by atoms with Crippen molar-refractivity contribution in [2.45, 2.75) is 6.92 Å². The Morgan fingerprint density at radius 2 is 2.36 bits per heavy atom. The lowest BCUT2D eigenvalue weighted by Gasteiger charge is -1.98. The minimum Gasteiger partial charge on any atom is -0.396 e. The van der Waals surface area contributed by atoms with Gasteiger partial charge in [0.05, 0.1) is 5.69 Å². The average molecular weight is 147 g/mol. The number of pyridine rings is 1. The summed E-state index contributed by atoms with van der Waals surface area (Å²) in [5, 5.41) is 0. The molecular weight excluding hydrogens is 138 g/mol. The summed E-state index contributed by atoms with van der Waals surface area (Å²) in [6.07, 6.45) is 5.63. The molecule has 2 aromatic heterocycles. The number of imidazole rings is 1. The van der Waals surface area contributed by atoms with Gasteiger partial charge in [-0.05, 0) is 18.6 Å². The van der Waals surface area contributed by atoms with E-state index in [9.17, 15) is 0 Å². The predicted octanol–water partition coefficient (Wildman–Crippen LogP) is 1.22. The summed E-state index contributed by atoms with van der Waals surface area (Å²) < 4.78 is 1.92. The van der Waals surface area contributed by atoms with Crippen LogP contribution >= 0.6 is 0 Å². The number of aromatic nitrogens is 2. The summed E-state index contributed by atoms with van der Waals surface area (Å²) in [7, 11) is 0. The summed E-state index contributed by atoms with van der Waals surface area (Å²) in [5.41, 5.74) is 8.43. The van der Waals surface area contributed by atoms with E-state index < -0.39 is 0 Å². The van der Waals surface area contributed by atoms with Crippen LogP contribution in [0.5, 0.6) is 0 Å². The van der Waals surface area contributed by atoms with Crippen LogP contribution in [-0.4, -0.2) is 9.38 Å². The molecule has 0 aliphatic heterocycles. The van der Waals surface area contributed by atoms with Gasteiger partial charge in [0, 0.05) is 18.6 Å². The molecule has 0 atom stereocenters. The minimum absolute atomic E-state index is 0.731. The standard InChI is InChI=1S/C8H9N3/c1-6-4-7(9)8-10-2-3-11(8)5-6/h2-5H,9H2,1H3. The van der Waals surface area contributed by atoms with E-state index in [1.54, 1.807) is 6.20 Å². The van der Waals surface area contributed by atoms with Gasteiger partial charge in [-0.3, -0.25) is 0 Å². The highest BCUT2D eigenvalue weighted by Gasteiger charge is 1.97. The third-order valence-corrected chi connectivity index (χ3v) is 1.65. The normalized spacial score (nSPS) is 10.6. The molecule has 2 rings (SSSR count). The molecule has 0 amide bonds. The second kappa shape index (κ2) is 1.99. The van der Waals surface area contributed by atoms with Gasteiger partial charge < -0.3 is 10.1 Å². The second-order valence-corrected chi connectivity index (χ2v) is 2.63. The lowest BCUT2D eigenvalue weighted by molar-refractivity contribution is 1.16. The first-order valence-electron chi connectivity index (χ1n) is 3.46. The van der Waals surface area contributed by atoms with Crippen LogP contribution in [0.25, 0.3) is 5.65 Å². The topological polar surface area (TPSA) is 43.3 Å². The number of rotatable bonds is 0. The van der Waals surface area contributed by atoms with Crippen molar-refractivity contribution in [1.82, 2.24) is 9.38 Å². The molecule has 2 N–H and O–H groups in total. The lowest BCUT2D eigenvalue weighted by atomic mass is 10.3. The highest BCUT2D eigenvalue weighted by Crippen LogP contribution is 2.12. The minimum atomic E-state index is 0.731. The molecule has 0 saturated heterocycles. The fraction of sp³-hybridized carbons (Fsp3) is 0.125. The van der Waals surface area contributed by atoms with Crippen LogP contribution in [0.15, 0.2) is 24.7 Å². The third-order valence-electron chi connectivity index (χ3n) is 1.65. The smallest absolute Gasteiger partial charge is 0.160 e. The number of anilines is 1. The van der Waals surface area contributed by atoms with Gasteiger partial charge in [-0.15, -0.1) is 0 Å². The van der Waals surface area contributed by atoms with Gasteiger partial charge in [0.2, 0.25) is 0 Å². The van der Waals surface area contributed by atoms with Crippen molar-refractivity contribution >= 4 is 11.3 Å². The van der Waals surface area contributed by atoms with Gasteiger partial charge in [0.25, 0.3) is 0 Å². The van der Waals surface area contributed by atoms with Crippen LogP contribution in [-0.2, 0) is 0 Å². The molecule has 0 saturated carbocycles. The monoisotopic (exact) mass is 147 g/mol. The first-order valence-corrected chi connectivity index (χ1v) is 3.46. The summed E-state index contributed by atoms with van der Waals surface area (Å²) in [6.45, 7) is 2.01. The van der Waals surface area contributed by atoms with E-state index in [1.807, 2.05) is 29.8 Å². The maximum atomic E-state index is 5.72. The van der Waals surface area contributed by atoms with Crippen molar-refractivity contribution < 1.29 is 0 Å². The van der Waals surface area contributed by atoms with Crippen LogP contribution in [0.4, 0.5) is 5.69 Å². The Labute approximate surface area is 64.5 Å². The quantitative estimate of drug-likeness (QED) is 0.609. The summed E-state index contributed by atoms with van der Waals surface area (Å²) in [4.78, 5) is 4.10. The van der Waals surface area contributed by atoms with Gasteiger partial charge in [-0.1, -0.05) is 0 Å². The van der Waals surface area contributed by atoms with Gasteiger partial charge in [-0.25, -0.2) is 4.98 Å². The molecule has 0 spiro atoms. The number of nitrogens with zero attached hydrogens (tertiary/aromatic N) is 2. The summed E-state index contributed by atoms with van der Waals surface area (Å²) >= 11 is 0. The first kappa shape index (κ1) is 6.22. The second-order valence-electron chi connectivity index (χ2n) is 2.63. The SMILES string of the molecule is Cc1cc(N)c2nccn2c1. The van der Waals surface area contributed by atoms with E-state index >= 15 is 0 Å². The van der Waals surface area contributed by atoms with Crippen LogP contribution in [0.1, 0.15) is 5.56 Å². The largest absolute Gasteiger partial charge is 0.396 e. The lowest BCUT2D eigenvalue weighted by Crippen LogP contribution is -1.93. The molecule has 11 heavy (non-hydrogen) atoms. The maximum absolute atomic E-state index is 5.72. The molecule has 0 aliphatic carbocycles. The fourth-order valence-electron chi connectivity index (χ4n) is 1.21. The number of hydrogen-bond donors (Lipinski definition) is 1. The van der Waals surface area contributed by atoms with Crippen molar-refractivity contribution in [3.05, 3.63) is 30.2 Å². The molecule has 0 bridgehead atoms. The van der Waals surface area contributed by atoms with Crippen LogP contribution < -0.4 is 5.73 Å². The number of aryl methyl sites for hydroxylation is 1. The molecule has 0 fully saturated rings. The molecule has 0 radical (unpaired) electrons. The molecule has 3 nitrogen and oxygen atoms in total. The molecule has 3 heteroatoms. The number of nitrogen functional groups attached to an aromatic ring is 1. The Hall–Kier alpha value is -1.51. The Bertz CT molecular complexity index is 389. The molecule has 0 unspecified atom stereocenters. The Kier molecular flexibility index (Phi) is 1.12. The molecule has 56 valence electrons. The number of hydrogen-bond acceptors (Lipinski definition) is 2. The zero-order valence-electron chi connectivity index (χ0n) is 6.28. The fourth-order valence-corrected chi connectivity index (χ4v) is 1.21. The molecule has 2 aromatic rings. The Balaban J connectivity index is 2.91. The summed E-state index contributed by atoms with van der Waals surface area (Å²) in [6, 6.07) is 1.92. The van der Waals surface area contributed by atoms with Crippen molar-refractivity contribution in [3.8, 4) is 0 Å². The van der Waals surface area contributed by atoms with Crippen molar-refractivity contribution in [2.24, 2.45) is 0 Å². The zero-order valence-corrected chi connectivity index (χ0v) is 6.28. The van der Waals surface area contributed by atoms with Gasteiger partial charge >= 0.3 is 0 Å². The van der Waals surface area contributed by atoms with Crippen molar-refractivity contribution in [1.29, 1.82) is 0 Å². The maximum Gasteiger partial charge on any atom is 0.160 e. The highest BCUT2D eigenvalue weighted by molar-refractivity contribution is 5.65. The van der Waals surface area contributed by atoms with Gasteiger partial charge in [-0.2, -0.15) is 0 Å². The average Bonchev–Trinajstić information content (AvgIpc) is 2.34. The Morgan fingerprint density at radius 3 is 3.18 bits per heavy atom. The van der Waals surface area contributed by atoms with Gasteiger partial charge in [0.1, 0.15) is 0 Å². The van der Waals surface area contributed by atoms with Crippen molar-refractivity contribution in [3.63, 3.8) is 0 Å². The van der Waals surface area contributed by atoms with Crippen LogP contribution in [0, 0.1) is 6.92 Å². The van der Waals surface area contributed by atoms with Crippen molar-refractivity contribution in [2.75, 3.05) is 5.73 Å². The molecule has 0 aromatic carbocycles. The van der Waals surface area contributed by atoms with E-state index in [4.69, 9.17) is 5.73 Å². The van der Waals surface area contributed by atoms with E-state index in [2.05, 4.69) is 4.98 Å². The van der Waals surface area contributed by atoms with Crippen LogP contribution in [0.3, 0.4) is 0 Å².